The van der Waals surface area contributed by atoms with Gasteiger partial charge in [0, 0.05) is 13.1 Å². The standard InChI is InChI=1S/C10H12N4OS/c1-7-12-9-8(16-6-11-9)10(13-7)14-2-4-15-5-3-14/h6H,2-5H2,1H3. The lowest BCUT2D eigenvalue weighted by Crippen LogP contribution is -2.37. The number of morpholine rings is 1. The third kappa shape index (κ3) is 1.64. The summed E-state index contributed by atoms with van der Waals surface area (Å²) >= 11 is 1.60. The molecule has 0 radical (unpaired) electrons. The van der Waals surface area contributed by atoms with Crippen molar-refractivity contribution in [2.45, 2.75) is 6.92 Å². The molecular weight excluding hydrogens is 224 g/mol. The first-order valence-corrected chi connectivity index (χ1v) is 6.13. The molecule has 3 rings (SSSR count). The maximum Gasteiger partial charge on any atom is 0.175 e. The minimum absolute atomic E-state index is 0.767. The number of nitrogens with zero attached hydrogens (tertiary/aromatic N) is 4. The van der Waals surface area contributed by atoms with Crippen LogP contribution >= 0.6 is 11.3 Å². The van der Waals surface area contributed by atoms with Crippen molar-refractivity contribution in [3.63, 3.8) is 0 Å². The minimum atomic E-state index is 0.767. The molecule has 0 unspecified atom stereocenters. The molecule has 0 saturated carbocycles. The monoisotopic (exact) mass is 236 g/mol. The zero-order valence-electron chi connectivity index (χ0n) is 9.01. The van der Waals surface area contributed by atoms with Gasteiger partial charge in [-0.1, -0.05) is 0 Å². The number of ether oxygens (including phenoxy) is 1. The molecule has 2 aromatic heterocycles. The van der Waals surface area contributed by atoms with E-state index in [-0.39, 0.29) is 0 Å². The highest BCUT2D eigenvalue weighted by atomic mass is 32.1. The van der Waals surface area contributed by atoms with Gasteiger partial charge >= 0.3 is 0 Å². The number of hydrogen-bond donors (Lipinski definition) is 0. The van der Waals surface area contributed by atoms with Crippen LogP contribution in [0.4, 0.5) is 5.82 Å². The van der Waals surface area contributed by atoms with Crippen LogP contribution in [0.5, 0.6) is 0 Å². The van der Waals surface area contributed by atoms with E-state index in [0.29, 0.717) is 0 Å². The number of hydrogen-bond acceptors (Lipinski definition) is 6. The number of rotatable bonds is 1. The van der Waals surface area contributed by atoms with E-state index in [1.165, 1.54) is 0 Å². The Balaban J connectivity index is 2.09. The van der Waals surface area contributed by atoms with Gasteiger partial charge in [0.05, 0.1) is 18.7 Å². The molecule has 84 valence electrons. The molecule has 16 heavy (non-hydrogen) atoms. The van der Waals surface area contributed by atoms with Crippen LogP contribution in [0.3, 0.4) is 0 Å². The van der Waals surface area contributed by atoms with Crippen LogP contribution in [-0.2, 0) is 4.74 Å². The van der Waals surface area contributed by atoms with Crippen molar-refractivity contribution in [1.29, 1.82) is 0 Å². The molecule has 1 fully saturated rings. The molecule has 1 saturated heterocycles. The first-order chi connectivity index (χ1) is 7.84. The Bertz CT molecular complexity index is 506. The van der Waals surface area contributed by atoms with Crippen molar-refractivity contribution >= 4 is 27.5 Å². The van der Waals surface area contributed by atoms with Gasteiger partial charge in [-0.3, -0.25) is 0 Å². The number of anilines is 1. The molecule has 0 aromatic carbocycles. The fourth-order valence-electron chi connectivity index (χ4n) is 1.84. The van der Waals surface area contributed by atoms with Gasteiger partial charge < -0.3 is 9.64 Å². The summed E-state index contributed by atoms with van der Waals surface area (Å²) in [7, 11) is 0. The zero-order chi connectivity index (χ0) is 11.0. The van der Waals surface area contributed by atoms with E-state index in [0.717, 1.165) is 48.3 Å². The molecule has 5 nitrogen and oxygen atoms in total. The predicted octanol–water partition coefficient (Wildman–Crippen LogP) is 1.23. The molecule has 0 amide bonds. The summed E-state index contributed by atoms with van der Waals surface area (Å²) in [5, 5.41) is 0. The Hall–Kier alpha value is -1.27. The summed E-state index contributed by atoms with van der Waals surface area (Å²) in [6.07, 6.45) is 0. The zero-order valence-corrected chi connectivity index (χ0v) is 9.83. The van der Waals surface area contributed by atoms with Crippen LogP contribution in [-0.4, -0.2) is 41.3 Å². The van der Waals surface area contributed by atoms with E-state index in [1.54, 1.807) is 11.3 Å². The number of fused-ring (bicyclic) bond motifs is 1. The van der Waals surface area contributed by atoms with E-state index < -0.39 is 0 Å². The molecule has 0 bridgehead atoms. The van der Waals surface area contributed by atoms with Crippen LogP contribution in [0.2, 0.25) is 0 Å². The lowest BCUT2D eigenvalue weighted by atomic mass is 10.4. The summed E-state index contributed by atoms with van der Waals surface area (Å²) < 4.78 is 6.42. The smallest absolute Gasteiger partial charge is 0.175 e. The number of aryl methyl sites for hydroxylation is 1. The van der Waals surface area contributed by atoms with Crippen molar-refractivity contribution < 1.29 is 4.74 Å². The number of thiazole rings is 1. The SMILES string of the molecule is Cc1nc(N2CCOCC2)c2scnc2n1. The Labute approximate surface area is 97.1 Å². The first kappa shape index (κ1) is 9.92. The summed E-state index contributed by atoms with van der Waals surface area (Å²) in [6, 6.07) is 0. The molecule has 0 spiro atoms. The molecule has 6 heteroatoms. The van der Waals surface area contributed by atoms with E-state index in [2.05, 4.69) is 19.9 Å². The van der Waals surface area contributed by atoms with Gasteiger partial charge in [0.15, 0.2) is 11.5 Å². The van der Waals surface area contributed by atoms with Gasteiger partial charge in [0.25, 0.3) is 0 Å². The Kier molecular flexibility index (Phi) is 2.45. The highest BCUT2D eigenvalue weighted by Crippen LogP contribution is 2.27. The van der Waals surface area contributed by atoms with Gasteiger partial charge in [-0.15, -0.1) is 11.3 Å². The molecule has 0 atom stereocenters. The second-order valence-corrected chi connectivity index (χ2v) is 4.55. The summed E-state index contributed by atoms with van der Waals surface area (Å²) in [6.45, 7) is 5.22. The minimum Gasteiger partial charge on any atom is -0.378 e. The second-order valence-electron chi connectivity index (χ2n) is 3.70. The van der Waals surface area contributed by atoms with Crippen molar-refractivity contribution in [2.24, 2.45) is 0 Å². The summed E-state index contributed by atoms with van der Waals surface area (Å²) in [4.78, 5) is 15.3. The molecule has 0 aliphatic carbocycles. The molecule has 3 heterocycles. The van der Waals surface area contributed by atoms with Crippen LogP contribution in [0.15, 0.2) is 5.51 Å². The highest BCUT2D eigenvalue weighted by molar-refractivity contribution is 7.17. The third-order valence-corrected chi connectivity index (χ3v) is 3.41. The van der Waals surface area contributed by atoms with E-state index in [1.807, 2.05) is 12.4 Å². The summed E-state index contributed by atoms with van der Waals surface area (Å²) in [5.74, 6) is 1.79. The molecule has 1 aliphatic rings. The fourth-order valence-corrected chi connectivity index (χ4v) is 2.59. The van der Waals surface area contributed by atoms with Gasteiger partial charge in [-0.2, -0.15) is 0 Å². The fraction of sp³-hybridized carbons (Fsp3) is 0.500. The highest BCUT2D eigenvalue weighted by Gasteiger charge is 2.17. The van der Waals surface area contributed by atoms with Gasteiger partial charge in [-0.05, 0) is 6.92 Å². The van der Waals surface area contributed by atoms with E-state index in [4.69, 9.17) is 4.74 Å². The lowest BCUT2D eigenvalue weighted by Gasteiger charge is -2.28. The Morgan fingerprint density at radius 3 is 2.94 bits per heavy atom. The van der Waals surface area contributed by atoms with Crippen molar-refractivity contribution in [1.82, 2.24) is 15.0 Å². The molecule has 0 N–H and O–H groups in total. The first-order valence-electron chi connectivity index (χ1n) is 5.25. The Morgan fingerprint density at radius 2 is 2.12 bits per heavy atom. The largest absolute Gasteiger partial charge is 0.378 e. The van der Waals surface area contributed by atoms with Gasteiger partial charge in [0.2, 0.25) is 0 Å². The normalized spacial score (nSPS) is 16.9. The van der Waals surface area contributed by atoms with Gasteiger partial charge in [-0.25, -0.2) is 15.0 Å². The van der Waals surface area contributed by atoms with Crippen LogP contribution in [0, 0.1) is 6.92 Å². The summed E-state index contributed by atoms with van der Waals surface area (Å²) in [5.41, 5.74) is 2.63. The quantitative estimate of drug-likeness (QED) is 0.745. The second kappa shape index (κ2) is 3.95. The molecule has 2 aromatic rings. The topological polar surface area (TPSA) is 51.1 Å². The van der Waals surface area contributed by atoms with Crippen LogP contribution < -0.4 is 4.90 Å². The lowest BCUT2D eigenvalue weighted by molar-refractivity contribution is 0.122. The van der Waals surface area contributed by atoms with E-state index >= 15 is 0 Å². The van der Waals surface area contributed by atoms with Crippen LogP contribution in [0.25, 0.3) is 10.3 Å². The Morgan fingerprint density at radius 1 is 1.31 bits per heavy atom. The maximum absolute atomic E-state index is 5.35. The van der Waals surface area contributed by atoms with Crippen molar-refractivity contribution in [3.05, 3.63) is 11.3 Å². The molecular formula is C10H12N4OS. The maximum atomic E-state index is 5.35. The van der Waals surface area contributed by atoms with Crippen molar-refractivity contribution in [3.8, 4) is 0 Å². The molecule has 1 aliphatic heterocycles. The van der Waals surface area contributed by atoms with Crippen LogP contribution in [0.1, 0.15) is 5.82 Å². The average Bonchev–Trinajstić information content (AvgIpc) is 2.77. The average molecular weight is 236 g/mol. The predicted molar refractivity (Wildman–Crippen MR) is 63.0 cm³/mol. The van der Waals surface area contributed by atoms with E-state index in [9.17, 15) is 0 Å². The number of aromatic nitrogens is 3. The third-order valence-electron chi connectivity index (χ3n) is 2.60. The van der Waals surface area contributed by atoms with Gasteiger partial charge in [0.1, 0.15) is 10.5 Å². The van der Waals surface area contributed by atoms with Crippen molar-refractivity contribution in [2.75, 3.05) is 31.2 Å².